The number of nitrogens with one attached hydrogen (secondary N) is 1. The van der Waals surface area contributed by atoms with E-state index in [9.17, 15) is 5.26 Å². The van der Waals surface area contributed by atoms with Crippen LogP contribution in [0.3, 0.4) is 0 Å². The van der Waals surface area contributed by atoms with Gasteiger partial charge in [0, 0.05) is 55.8 Å². The summed E-state index contributed by atoms with van der Waals surface area (Å²) in [5.41, 5.74) is 3.15. The van der Waals surface area contributed by atoms with E-state index in [1.54, 1.807) is 10.7 Å². The molecule has 1 saturated carbocycles. The molecule has 0 amide bonds. The van der Waals surface area contributed by atoms with Gasteiger partial charge < -0.3 is 10.1 Å². The van der Waals surface area contributed by atoms with Crippen molar-refractivity contribution < 1.29 is 4.74 Å². The Morgan fingerprint density at radius 2 is 1.97 bits per heavy atom. The fourth-order valence-electron chi connectivity index (χ4n) is 4.39. The number of nitrogens with zero attached hydrogens (tertiary/aromatic N) is 7. The van der Waals surface area contributed by atoms with Crippen LogP contribution in [0.4, 0.5) is 5.82 Å². The van der Waals surface area contributed by atoms with Gasteiger partial charge in [-0.05, 0) is 25.7 Å². The van der Waals surface area contributed by atoms with Crippen molar-refractivity contribution in [1.29, 1.82) is 5.26 Å². The summed E-state index contributed by atoms with van der Waals surface area (Å²) in [6.07, 6.45) is 10.6. The molecule has 1 aliphatic rings. The molecule has 10 heteroatoms. The van der Waals surface area contributed by atoms with Crippen LogP contribution >= 0.6 is 11.6 Å². The largest absolute Gasteiger partial charge is 0.487 e. The number of pyridine rings is 2. The van der Waals surface area contributed by atoms with Gasteiger partial charge in [0.15, 0.2) is 11.4 Å². The zero-order valence-corrected chi connectivity index (χ0v) is 19.1. The summed E-state index contributed by atoms with van der Waals surface area (Å²) in [5.74, 6) is 1.25. The van der Waals surface area contributed by atoms with E-state index in [1.165, 1.54) is 6.20 Å². The second-order valence-corrected chi connectivity index (χ2v) is 8.63. The Morgan fingerprint density at radius 3 is 2.67 bits per heavy atom. The number of hydrogen-bond acceptors (Lipinski definition) is 7. The van der Waals surface area contributed by atoms with Gasteiger partial charge in [-0.2, -0.15) is 15.5 Å². The normalized spacial score (nSPS) is 18.2. The monoisotopic (exact) mass is 462 g/mol. The highest BCUT2D eigenvalue weighted by atomic mass is 35.5. The topological polar surface area (TPSA) is 106 Å². The van der Waals surface area contributed by atoms with Crippen molar-refractivity contribution in [2.45, 2.75) is 37.8 Å². The molecule has 33 heavy (non-hydrogen) atoms. The number of aromatic nitrogens is 6. The molecule has 0 atom stereocenters. The van der Waals surface area contributed by atoms with Gasteiger partial charge in [-0.3, -0.25) is 9.36 Å². The highest BCUT2D eigenvalue weighted by molar-refractivity contribution is 6.30. The van der Waals surface area contributed by atoms with Crippen molar-refractivity contribution >= 4 is 28.3 Å². The first-order valence-corrected chi connectivity index (χ1v) is 11.2. The van der Waals surface area contributed by atoms with Gasteiger partial charge in [0.1, 0.15) is 17.6 Å². The number of hydrogen-bond donors (Lipinski definition) is 1. The van der Waals surface area contributed by atoms with Crippen molar-refractivity contribution in [2.24, 2.45) is 7.05 Å². The lowest BCUT2D eigenvalue weighted by atomic mass is 9.93. The predicted molar refractivity (Wildman–Crippen MR) is 125 cm³/mol. The molecule has 9 nitrogen and oxygen atoms in total. The lowest BCUT2D eigenvalue weighted by Crippen LogP contribution is -2.26. The SMILES string of the molecule is CNc1cc2c(cn1)c(-c1cnn(C)c1)nn2C1CCC(Oc2cc(Cl)cnc2C#N)CC1. The molecule has 4 aromatic rings. The maximum absolute atomic E-state index is 9.31. The standard InChI is InChI=1S/C23H23ClN8O/c1-26-22-8-20-18(12-28-22)23(14-10-29-31(2)13-14)30-32(20)16-3-5-17(6-4-16)33-21-7-15(24)11-27-19(21)9-25/h7-8,10-13,16-17H,3-6H2,1-2H3,(H,26,28). The smallest absolute Gasteiger partial charge is 0.182 e. The van der Waals surface area contributed by atoms with E-state index in [0.29, 0.717) is 10.8 Å². The van der Waals surface area contributed by atoms with Gasteiger partial charge in [-0.1, -0.05) is 11.6 Å². The van der Waals surface area contributed by atoms with Crippen molar-refractivity contribution in [3.05, 3.63) is 47.6 Å². The van der Waals surface area contributed by atoms with Crippen LogP contribution in [0.15, 0.2) is 36.9 Å². The first-order valence-electron chi connectivity index (χ1n) is 10.8. The Labute approximate surface area is 196 Å². The number of nitriles is 1. The van der Waals surface area contributed by atoms with E-state index < -0.39 is 0 Å². The highest BCUT2D eigenvalue weighted by Crippen LogP contribution is 2.36. The second kappa shape index (κ2) is 8.71. The van der Waals surface area contributed by atoms with Gasteiger partial charge >= 0.3 is 0 Å². The summed E-state index contributed by atoms with van der Waals surface area (Å²) in [4.78, 5) is 8.56. The van der Waals surface area contributed by atoms with Gasteiger partial charge in [0.25, 0.3) is 0 Å². The zero-order chi connectivity index (χ0) is 22.9. The lowest BCUT2D eigenvalue weighted by molar-refractivity contribution is 0.130. The van der Waals surface area contributed by atoms with Crippen LogP contribution in [0.1, 0.15) is 37.4 Å². The highest BCUT2D eigenvalue weighted by Gasteiger charge is 2.27. The summed E-state index contributed by atoms with van der Waals surface area (Å²) in [5, 5.41) is 23.2. The van der Waals surface area contributed by atoms with E-state index in [-0.39, 0.29) is 17.8 Å². The van der Waals surface area contributed by atoms with Crippen molar-refractivity contribution in [1.82, 2.24) is 29.5 Å². The summed E-state index contributed by atoms with van der Waals surface area (Å²) >= 11 is 6.05. The molecule has 4 aromatic heterocycles. The number of fused-ring (bicyclic) bond motifs is 1. The minimum absolute atomic E-state index is 0.00257. The number of rotatable bonds is 5. The molecular formula is C23H23ClN8O. The molecule has 0 aromatic carbocycles. The third-order valence-corrected chi connectivity index (χ3v) is 6.24. The molecule has 0 aliphatic heterocycles. The number of anilines is 1. The maximum Gasteiger partial charge on any atom is 0.182 e. The Hall–Kier alpha value is -3.64. The van der Waals surface area contributed by atoms with Crippen LogP contribution in [0.2, 0.25) is 5.02 Å². The van der Waals surface area contributed by atoms with E-state index in [1.807, 2.05) is 38.8 Å². The van der Waals surface area contributed by atoms with Gasteiger partial charge in [0.2, 0.25) is 0 Å². The van der Waals surface area contributed by atoms with E-state index >= 15 is 0 Å². The third kappa shape index (κ3) is 4.10. The van der Waals surface area contributed by atoms with E-state index in [4.69, 9.17) is 21.4 Å². The summed E-state index contributed by atoms with van der Waals surface area (Å²) < 4.78 is 10.0. The molecule has 0 saturated heterocycles. The average Bonchev–Trinajstić information content (AvgIpc) is 3.43. The molecule has 0 spiro atoms. The molecule has 5 rings (SSSR count). The molecular weight excluding hydrogens is 440 g/mol. The van der Waals surface area contributed by atoms with Gasteiger partial charge in [0.05, 0.1) is 28.9 Å². The predicted octanol–water partition coefficient (Wildman–Crippen LogP) is 4.36. The lowest BCUT2D eigenvalue weighted by Gasteiger charge is -2.29. The Balaban J connectivity index is 1.40. The fourth-order valence-corrected chi connectivity index (χ4v) is 4.53. The molecule has 0 radical (unpaired) electrons. The zero-order valence-electron chi connectivity index (χ0n) is 18.4. The minimum Gasteiger partial charge on any atom is -0.487 e. The number of ether oxygens (including phenoxy) is 1. The van der Waals surface area contributed by atoms with Gasteiger partial charge in [-0.25, -0.2) is 9.97 Å². The number of halogens is 1. The average molecular weight is 463 g/mol. The Kier molecular flexibility index (Phi) is 5.60. The van der Waals surface area contributed by atoms with Crippen LogP contribution in [-0.2, 0) is 7.05 Å². The summed E-state index contributed by atoms with van der Waals surface area (Å²) in [6, 6.07) is 6.01. The van der Waals surface area contributed by atoms with E-state index in [0.717, 1.165) is 53.7 Å². The van der Waals surface area contributed by atoms with E-state index in [2.05, 4.69) is 31.1 Å². The molecule has 0 bridgehead atoms. The summed E-state index contributed by atoms with van der Waals surface area (Å²) in [6.45, 7) is 0. The minimum atomic E-state index is 0.00257. The maximum atomic E-state index is 9.31. The fraction of sp³-hybridized carbons (Fsp3) is 0.348. The third-order valence-electron chi connectivity index (χ3n) is 6.03. The van der Waals surface area contributed by atoms with Gasteiger partial charge in [-0.15, -0.1) is 0 Å². The van der Waals surface area contributed by atoms with Crippen LogP contribution in [0.25, 0.3) is 22.2 Å². The van der Waals surface area contributed by atoms with Crippen molar-refractivity contribution in [3.8, 4) is 23.1 Å². The van der Waals surface area contributed by atoms with Crippen LogP contribution < -0.4 is 10.1 Å². The van der Waals surface area contributed by atoms with Crippen molar-refractivity contribution in [3.63, 3.8) is 0 Å². The van der Waals surface area contributed by atoms with Crippen LogP contribution in [0.5, 0.6) is 5.75 Å². The first-order chi connectivity index (χ1) is 16.1. The van der Waals surface area contributed by atoms with Crippen LogP contribution in [-0.4, -0.2) is 42.7 Å². The second-order valence-electron chi connectivity index (χ2n) is 8.19. The van der Waals surface area contributed by atoms with Crippen LogP contribution in [0, 0.1) is 11.3 Å². The summed E-state index contributed by atoms with van der Waals surface area (Å²) in [7, 11) is 3.76. The quantitative estimate of drug-likeness (QED) is 0.469. The van der Waals surface area contributed by atoms with Crippen molar-refractivity contribution in [2.75, 3.05) is 12.4 Å². The molecule has 4 heterocycles. The molecule has 1 aliphatic carbocycles. The molecule has 168 valence electrons. The Morgan fingerprint density at radius 1 is 1.15 bits per heavy atom. The molecule has 0 unspecified atom stereocenters. The first kappa shape index (κ1) is 21.2. The molecule has 1 fully saturated rings. The Bertz CT molecular complexity index is 1350. The number of aryl methyl sites for hydroxylation is 1. The molecule has 1 N–H and O–H groups in total.